The molecule has 0 aliphatic carbocycles. The number of rotatable bonds is 0. The molecule has 0 aromatic heterocycles. The van der Waals surface area contributed by atoms with Crippen molar-refractivity contribution in [1.29, 1.82) is 0 Å². The fourth-order valence-corrected chi connectivity index (χ4v) is 1.45. The van der Waals surface area contributed by atoms with Gasteiger partial charge in [0.15, 0.2) is 0 Å². The second-order valence-electron chi connectivity index (χ2n) is 1.96. The monoisotopic (exact) mass is 160 g/mol. The molecule has 1 aliphatic heterocycles. The molecule has 0 spiro atoms. The van der Waals surface area contributed by atoms with Crippen LogP contribution < -0.4 is 0 Å². The lowest BCUT2D eigenvalue weighted by Crippen LogP contribution is -2.17. The van der Waals surface area contributed by atoms with Crippen molar-refractivity contribution in [1.82, 2.24) is 0 Å². The van der Waals surface area contributed by atoms with Gasteiger partial charge in [-0.3, -0.25) is 0 Å². The van der Waals surface area contributed by atoms with Gasteiger partial charge in [0, 0.05) is 0 Å². The predicted molar refractivity (Wildman–Crippen MR) is 27.0 cm³/mol. The summed E-state index contributed by atoms with van der Waals surface area (Å²) in [6.45, 7) is 0. The van der Waals surface area contributed by atoms with E-state index in [2.05, 4.69) is 0 Å². The SMILES string of the molecule is FC1(F)CSC(F)(F)C1. The summed E-state index contributed by atoms with van der Waals surface area (Å²) in [5.74, 6) is -3.91. The molecule has 0 aromatic rings. The third-order valence-electron chi connectivity index (χ3n) is 0.959. The van der Waals surface area contributed by atoms with Crippen LogP contribution in [0.4, 0.5) is 17.6 Å². The summed E-state index contributed by atoms with van der Waals surface area (Å²) in [7, 11) is 0. The van der Waals surface area contributed by atoms with Crippen molar-refractivity contribution >= 4 is 11.8 Å². The van der Waals surface area contributed by atoms with Crippen molar-refractivity contribution in [3.8, 4) is 0 Å². The summed E-state index contributed by atoms with van der Waals surface area (Å²) in [5.41, 5.74) is 0. The summed E-state index contributed by atoms with van der Waals surface area (Å²) in [6, 6.07) is 0. The van der Waals surface area contributed by atoms with Crippen molar-refractivity contribution in [2.45, 2.75) is 17.6 Å². The quantitative estimate of drug-likeness (QED) is 0.490. The lowest BCUT2D eigenvalue weighted by atomic mass is 10.3. The van der Waals surface area contributed by atoms with Crippen molar-refractivity contribution in [2.75, 3.05) is 5.75 Å². The third-order valence-corrected chi connectivity index (χ3v) is 2.09. The van der Waals surface area contributed by atoms with Crippen LogP contribution in [0, 0.1) is 0 Å². The predicted octanol–water partition coefficient (Wildman–Crippen LogP) is 2.35. The van der Waals surface area contributed by atoms with Gasteiger partial charge in [0.1, 0.15) is 0 Å². The number of alkyl halides is 4. The van der Waals surface area contributed by atoms with Gasteiger partial charge in [-0.15, -0.1) is 0 Å². The highest BCUT2D eigenvalue weighted by molar-refractivity contribution is 8.00. The molecular weight excluding hydrogens is 156 g/mol. The van der Waals surface area contributed by atoms with Crippen molar-refractivity contribution in [3.63, 3.8) is 0 Å². The zero-order valence-corrected chi connectivity index (χ0v) is 5.15. The van der Waals surface area contributed by atoms with Gasteiger partial charge in [0.25, 0.3) is 11.2 Å². The Morgan fingerprint density at radius 2 is 1.67 bits per heavy atom. The second-order valence-corrected chi connectivity index (χ2v) is 3.13. The molecule has 0 radical (unpaired) electrons. The Morgan fingerprint density at radius 3 is 1.78 bits per heavy atom. The summed E-state index contributed by atoms with van der Waals surface area (Å²) in [6.07, 6.45) is -1.30. The van der Waals surface area contributed by atoms with Crippen LogP contribution in [0.1, 0.15) is 6.42 Å². The van der Waals surface area contributed by atoms with Crippen molar-refractivity contribution in [2.24, 2.45) is 0 Å². The molecule has 0 amide bonds. The van der Waals surface area contributed by atoms with E-state index in [1.165, 1.54) is 0 Å². The molecule has 0 saturated carbocycles. The smallest absolute Gasteiger partial charge is 0.206 e. The van der Waals surface area contributed by atoms with E-state index in [0.717, 1.165) is 0 Å². The van der Waals surface area contributed by atoms with E-state index in [9.17, 15) is 17.6 Å². The van der Waals surface area contributed by atoms with Crippen molar-refractivity contribution in [3.05, 3.63) is 0 Å². The number of hydrogen-bond acceptors (Lipinski definition) is 1. The Balaban J connectivity index is 2.58. The summed E-state index contributed by atoms with van der Waals surface area (Å²) >= 11 is 0.0231. The first-order valence-corrected chi connectivity index (χ1v) is 3.29. The molecule has 0 atom stereocenters. The van der Waals surface area contributed by atoms with E-state index in [1.54, 1.807) is 0 Å². The minimum absolute atomic E-state index is 0.0231. The van der Waals surface area contributed by atoms with Gasteiger partial charge >= 0.3 is 0 Å². The third kappa shape index (κ3) is 1.74. The van der Waals surface area contributed by atoms with Crippen LogP contribution in [0.3, 0.4) is 0 Å². The molecule has 1 rings (SSSR count). The van der Waals surface area contributed by atoms with Gasteiger partial charge < -0.3 is 0 Å². The maximum atomic E-state index is 11.9. The van der Waals surface area contributed by atoms with Crippen LogP contribution >= 0.6 is 11.8 Å². The highest BCUT2D eigenvalue weighted by Gasteiger charge is 2.51. The van der Waals surface area contributed by atoms with E-state index in [-0.39, 0.29) is 11.8 Å². The largest absolute Gasteiger partial charge is 0.299 e. The second kappa shape index (κ2) is 1.78. The van der Waals surface area contributed by atoms with Gasteiger partial charge in [0.05, 0.1) is 12.2 Å². The number of halogens is 4. The van der Waals surface area contributed by atoms with E-state index < -0.39 is 23.4 Å². The minimum Gasteiger partial charge on any atom is -0.206 e. The van der Waals surface area contributed by atoms with Gasteiger partial charge in [-0.25, -0.2) is 8.78 Å². The molecule has 1 saturated heterocycles. The topological polar surface area (TPSA) is 0 Å². The molecule has 0 aromatic carbocycles. The Hall–Kier alpha value is 0.0700. The van der Waals surface area contributed by atoms with Gasteiger partial charge in [-0.05, 0) is 0 Å². The molecule has 1 aliphatic rings. The number of hydrogen-bond donors (Lipinski definition) is 0. The zero-order valence-electron chi connectivity index (χ0n) is 4.33. The highest BCUT2D eigenvalue weighted by atomic mass is 32.2. The fraction of sp³-hybridized carbons (Fsp3) is 1.00. The van der Waals surface area contributed by atoms with Crippen molar-refractivity contribution < 1.29 is 17.6 Å². The van der Waals surface area contributed by atoms with E-state index >= 15 is 0 Å². The standard InChI is InChI=1S/C4H4F4S/c5-3(6)1-4(7,8)9-2-3/h1-2H2. The molecule has 9 heavy (non-hydrogen) atoms. The molecule has 1 fully saturated rings. The molecule has 0 unspecified atom stereocenters. The Morgan fingerprint density at radius 1 is 1.11 bits per heavy atom. The Kier molecular flexibility index (Phi) is 1.42. The lowest BCUT2D eigenvalue weighted by Gasteiger charge is -2.06. The Bertz CT molecular complexity index is 108. The zero-order chi connectivity index (χ0) is 7.12. The Labute approximate surface area is 53.6 Å². The summed E-state index contributed by atoms with van der Waals surface area (Å²) in [4.78, 5) is 0. The van der Waals surface area contributed by atoms with Crippen LogP contribution in [0.2, 0.25) is 0 Å². The molecule has 1 heterocycles. The van der Waals surface area contributed by atoms with Crippen LogP contribution in [0.15, 0.2) is 0 Å². The van der Waals surface area contributed by atoms with Crippen LogP contribution in [0.5, 0.6) is 0 Å². The average Bonchev–Trinajstić information content (AvgIpc) is 1.78. The number of thioether (sulfide) groups is 1. The molecule has 0 bridgehead atoms. The van der Waals surface area contributed by atoms with Gasteiger partial charge in [-0.2, -0.15) is 8.78 Å². The van der Waals surface area contributed by atoms with E-state index in [1.807, 2.05) is 0 Å². The summed E-state index contributed by atoms with van der Waals surface area (Å²) in [5, 5.41) is -3.20. The molecule has 54 valence electrons. The average molecular weight is 160 g/mol. The lowest BCUT2D eigenvalue weighted by molar-refractivity contribution is -0.0327. The van der Waals surface area contributed by atoms with Gasteiger partial charge in [-0.1, -0.05) is 11.8 Å². The fourth-order valence-electron chi connectivity index (χ4n) is 0.614. The summed E-state index contributed by atoms with van der Waals surface area (Å²) < 4.78 is 47.7. The van der Waals surface area contributed by atoms with Gasteiger partial charge in [0.2, 0.25) is 0 Å². The van der Waals surface area contributed by atoms with Crippen LogP contribution in [-0.2, 0) is 0 Å². The highest BCUT2D eigenvalue weighted by Crippen LogP contribution is 2.48. The van der Waals surface area contributed by atoms with E-state index in [4.69, 9.17) is 0 Å². The van der Waals surface area contributed by atoms with Crippen LogP contribution in [0.25, 0.3) is 0 Å². The molecule has 0 N–H and O–H groups in total. The molecule has 0 nitrogen and oxygen atoms in total. The minimum atomic E-state index is -3.20. The molecular formula is C4H4F4S. The van der Waals surface area contributed by atoms with Crippen LogP contribution in [-0.4, -0.2) is 16.9 Å². The first kappa shape index (κ1) is 7.18. The normalized spacial score (nSPS) is 30.7. The first-order chi connectivity index (χ1) is 3.91. The maximum Gasteiger partial charge on any atom is 0.299 e. The first-order valence-electron chi connectivity index (χ1n) is 2.31. The maximum absolute atomic E-state index is 11.9. The molecule has 5 heteroatoms. The van der Waals surface area contributed by atoms with E-state index in [0.29, 0.717) is 0 Å².